The second kappa shape index (κ2) is 6.07. The van der Waals surface area contributed by atoms with Gasteiger partial charge in [-0.15, -0.1) is 5.10 Å². The molecule has 0 fully saturated rings. The average molecular weight is 241 g/mol. The molecule has 1 N–H and O–H groups in total. The Labute approximate surface area is 103 Å². The smallest absolute Gasteiger partial charge is 0.165 e. The van der Waals surface area contributed by atoms with E-state index in [0.29, 0.717) is 13.1 Å². The minimum absolute atomic E-state index is 0.591. The quantitative estimate of drug-likeness (QED) is 0.760. The van der Waals surface area contributed by atoms with Gasteiger partial charge in [0, 0.05) is 13.1 Å². The van der Waals surface area contributed by atoms with Gasteiger partial charge < -0.3 is 5.11 Å². The molecule has 6 heteroatoms. The zero-order valence-corrected chi connectivity index (χ0v) is 11.2. The van der Waals surface area contributed by atoms with E-state index >= 15 is 0 Å². The fraction of sp³-hybridized carbons (Fsp3) is 0.909. The van der Waals surface area contributed by atoms with Gasteiger partial charge in [0.1, 0.15) is 0 Å². The Morgan fingerprint density at radius 2 is 2.12 bits per heavy atom. The van der Waals surface area contributed by atoms with Crippen molar-refractivity contribution in [1.29, 1.82) is 0 Å². The van der Waals surface area contributed by atoms with Crippen LogP contribution in [0.4, 0.5) is 0 Å². The fourth-order valence-corrected chi connectivity index (χ4v) is 1.78. The van der Waals surface area contributed by atoms with E-state index in [2.05, 4.69) is 22.4 Å². The summed E-state index contributed by atoms with van der Waals surface area (Å²) in [7, 11) is 1.96. The van der Waals surface area contributed by atoms with Gasteiger partial charge in [0.15, 0.2) is 5.82 Å². The molecule has 0 aliphatic heterocycles. The first-order valence-corrected chi connectivity index (χ1v) is 6.08. The number of hydrogen-bond donors (Lipinski definition) is 1. The number of rotatable bonds is 7. The molecule has 0 spiro atoms. The third-order valence-corrected chi connectivity index (χ3v) is 2.40. The maximum absolute atomic E-state index is 9.73. The van der Waals surface area contributed by atoms with Crippen molar-refractivity contribution in [3.8, 4) is 0 Å². The molecular formula is C11H23N5O. The van der Waals surface area contributed by atoms with Crippen LogP contribution >= 0.6 is 0 Å². The third kappa shape index (κ3) is 5.23. The highest BCUT2D eigenvalue weighted by Gasteiger charge is 2.17. The number of unbranched alkanes of at least 4 members (excludes halogenated alkanes) is 1. The van der Waals surface area contributed by atoms with Gasteiger partial charge in [-0.2, -0.15) is 0 Å². The number of nitrogens with zero attached hydrogens (tertiary/aromatic N) is 5. The monoisotopic (exact) mass is 241 g/mol. The summed E-state index contributed by atoms with van der Waals surface area (Å²) in [6.07, 6.45) is 2.20. The number of hydrogen-bond acceptors (Lipinski definition) is 5. The van der Waals surface area contributed by atoms with Crippen molar-refractivity contribution in [3.63, 3.8) is 0 Å². The number of tetrazole rings is 1. The summed E-state index contributed by atoms with van der Waals surface area (Å²) in [5, 5.41) is 21.4. The second-order valence-corrected chi connectivity index (χ2v) is 5.16. The van der Waals surface area contributed by atoms with Crippen molar-refractivity contribution in [2.75, 3.05) is 13.6 Å². The predicted octanol–water partition coefficient (Wildman–Crippen LogP) is 0.676. The Morgan fingerprint density at radius 1 is 1.41 bits per heavy atom. The Kier molecular flexibility index (Phi) is 5.02. The largest absolute Gasteiger partial charge is 0.389 e. The molecule has 0 radical (unpaired) electrons. The van der Waals surface area contributed by atoms with Crippen LogP contribution in [-0.2, 0) is 13.1 Å². The van der Waals surface area contributed by atoms with Crippen molar-refractivity contribution in [1.82, 2.24) is 25.1 Å². The molecule has 0 unspecified atom stereocenters. The van der Waals surface area contributed by atoms with Gasteiger partial charge in [-0.3, -0.25) is 4.90 Å². The van der Waals surface area contributed by atoms with E-state index in [1.165, 1.54) is 0 Å². The lowest BCUT2D eigenvalue weighted by Gasteiger charge is -2.24. The fourth-order valence-electron chi connectivity index (χ4n) is 1.78. The molecule has 0 aliphatic rings. The molecule has 1 heterocycles. The van der Waals surface area contributed by atoms with Gasteiger partial charge in [0.2, 0.25) is 0 Å². The average Bonchev–Trinajstić information content (AvgIpc) is 2.59. The van der Waals surface area contributed by atoms with E-state index in [9.17, 15) is 5.11 Å². The highest BCUT2D eigenvalue weighted by atomic mass is 16.3. The van der Waals surface area contributed by atoms with Crippen LogP contribution in [0.3, 0.4) is 0 Å². The summed E-state index contributed by atoms with van der Waals surface area (Å²) in [6.45, 7) is 7.83. The number of aliphatic hydroxyl groups is 1. The summed E-state index contributed by atoms with van der Waals surface area (Å²) in [4.78, 5) is 2.02. The van der Waals surface area contributed by atoms with Crippen molar-refractivity contribution >= 4 is 0 Å². The van der Waals surface area contributed by atoms with Crippen molar-refractivity contribution in [2.45, 2.75) is 52.3 Å². The number of aromatic nitrogens is 4. The van der Waals surface area contributed by atoms with Gasteiger partial charge in [-0.1, -0.05) is 13.3 Å². The molecule has 0 saturated heterocycles. The standard InChI is InChI=1S/C11H23N5O/c1-5-6-7-16-10(12-13-14-16)8-15(4)9-11(2,3)17/h17H,5-9H2,1-4H3. The van der Waals surface area contributed by atoms with Crippen molar-refractivity contribution in [3.05, 3.63) is 5.82 Å². The first-order chi connectivity index (χ1) is 7.92. The van der Waals surface area contributed by atoms with Crippen molar-refractivity contribution in [2.24, 2.45) is 0 Å². The molecular weight excluding hydrogens is 218 g/mol. The van der Waals surface area contributed by atoms with Crippen LogP contribution in [0.15, 0.2) is 0 Å². The maximum atomic E-state index is 9.73. The summed E-state index contributed by atoms with van der Waals surface area (Å²) < 4.78 is 1.84. The summed E-state index contributed by atoms with van der Waals surface area (Å²) in [5.41, 5.74) is -0.698. The predicted molar refractivity (Wildman–Crippen MR) is 65.4 cm³/mol. The van der Waals surface area contributed by atoms with E-state index in [1.54, 1.807) is 13.8 Å². The summed E-state index contributed by atoms with van der Waals surface area (Å²) in [5.74, 6) is 0.852. The molecule has 1 rings (SSSR count). The van der Waals surface area contributed by atoms with Gasteiger partial charge in [-0.05, 0) is 37.7 Å². The van der Waals surface area contributed by atoms with E-state index < -0.39 is 5.60 Å². The van der Waals surface area contributed by atoms with Gasteiger partial charge in [0.25, 0.3) is 0 Å². The Balaban J connectivity index is 2.53. The number of aryl methyl sites for hydroxylation is 1. The topological polar surface area (TPSA) is 67.1 Å². The molecule has 0 aromatic carbocycles. The first-order valence-electron chi connectivity index (χ1n) is 6.08. The summed E-state index contributed by atoms with van der Waals surface area (Å²) in [6, 6.07) is 0. The van der Waals surface area contributed by atoms with Crippen LogP contribution in [0.1, 0.15) is 39.4 Å². The van der Waals surface area contributed by atoms with E-state index in [4.69, 9.17) is 0 Å². The van der Waals surface area contributed by atoms with E-state index in [0.717, 1.165) is 25.2 Å². The van der Waals surface area contributed by atoms with E-state index in [-0.39, 0.29) is 0 Å². The molecule has 0 atom stereocenters. The maximum Gasteiger partial charge on any atom is 0.165 e. The SMILES string of the molecule is CCCCn1nnnc1CN(C)CC(C)(C)O. The molecule has 0 saturated carbocycles. The highest BCUT2D eigenvalue weighted by molar-refractivity contribution is 4.82. The zero-order valence-electron chi connectivity index (χ0n) is 11.2. The van der Waals surface area contributed by atoms with Crippen LogP contribution in [0.5, 0.6) is 0 Å². The molecule has 0 amide bonds. The first kappa shape index (κ1) is 14.1. The lowest BCUT2D eigenvalue weighted by atomic mass is 10.1. The Hall–Kier alpha value is -1.01. The van der Waals surface area contributed by atoms with Crippen LogP contribution in [-0.4, -0.2) is 49.4 Å². The second-order valence-electron chi connectivity index (χ2n) is 5.16. The van der Waals surface area contributed by atoms with Crippen LogP contribution in [0.25, 0.3) is 0 Å². The van der Waals surface area contributed by atoms with Gasteiger partial charge >= 0.3 is 0 Å². The van der Waals surface area contributed by atoms with Crippen LogP contribution < -0.4 is 0 Å². The minimum atomic E-state index is -0.698. The Morgan fingerprint density at radius 3 is 2.71 bits per heavy atom. The molecule has 0 bridgehead atoms. The Bertz CT molecular complexity index is 331. The molecule has 1 aromatic heterocycles. The molecule has 6 nitrogen and oxygen atoms in total. The van der Waals surface area contributed by atoms with Crippen LogP contribution in [0, 0.1) is 0 Å². The zero-order chi connectivity index (χ0) is 12.9. The van der Waals surface area contributed by atoms with Gasteiger partial charge in [-0.25, -0.2) is 4.68 Å². The minimum Gasteiger partial charge on any atom is -0.389 e. The molecule has 1 aromatic rings. The van der Waals surface area contributed by atoms with Gasteiger partial charge in [0.05, 0.1) is 12.1 Å². The lowest BCUT2D eigenvalue weighted by Crippen LogP contribution is -2.36. The van der Waals surface area contributed by atoms with E-state index in [1.807, 2.05) is 16.6 Å². The molecule has 0 aliphatic carbocycles. The normalized spacial score (nSPS) is 12.4. The molecule has 17 heavy (non-hydrogen) atoms. The number of likely N-dealkylation sites (N-methyl/N-ethyl adjacent to an activating group) is 1. The third-order valence-electron chi connectivity index (χ3n) is 2.40. The van der Waals surface area contributed by atoms with Crippen LogP contribution in [0.2, 0.25) is 0 Å². The molecule has 98 valence electrons. The summed E-state index contributed by atoms with van der Waals surface area (Å²) >= 11 is 0. The van der Waals surface area contributed by atoms with Crippen molar-refractivity contribution < 1.29 is 5.11 Å². The lowest BCUT2D eigenvalue weighted by molar-refractivity contribution is 0.0414. The highest BCUT2D eigenvalue weighted by Crippen LogP contribution is 2.06.